The molecule has 2 aliphatic rings. The van der Waals surface area contributed by atoms with Crippen molar-refractivity contribution in [2.45, 2.75) is 104 Å². The van der Waals surface area contributed by atoms with E-state index in [2.05, 4.69) is 92.9 Å². The zero-order valence-corrected chi connectivity index (χ0v) is 29.3. The van der Waals surface area contributed by atoms with Crippen LogP contribution in [0.5, 0.6) is 0 Å². The van der Waals surface area contributed by atoms with Crippen molar-refractivity contribution in [2.75, 3.05) is 0 Å². The Hall–Kier alpha value is -4.60. The van der Waals surface area contributed by atoms with Gasteiger partial charge < -0.3 is 30.1 Å². The zero-order valence-electron chi connectivity index (χ0n) is 29.3. The van der Waals surface area contributed by atoms with Gasteiger partial charge in [0.05, 0.1) is 35.9 Å². The van der Waals surface area contributed by atoms with Gasteiger partial charge in [0.25, 0.3) is 0 Å². The highest BCUT2D eigenvalue weighted by Crippen LogP contribution is 2.55. The lowest BCUT2D eigenvalue weighted by atomic mass is 9.98. The fraction of sp³-hybridized carbons (Fsp3) is 0.474. The summed E-state index contributed by atoms with van der Waals surface area (Å²) in [6, 6.07) is 16.2. The molecule has 0 aliphatic heterocycles. The smallest absolute Gasteiger partial charge is 0.408 e. The molecule has 2 atom stereocenters. The molecule has 2 fully saturated rings. The van der Waals surface area contributed by atoms with E-state index >= 15 is 0 Å². The molecule has 48 heavy (non-hydrogen) atoms. The summed E-state index contributed by atoms with van der Waals surface area (Å²) in [5, 5.41) is 6.10. The number of amides is 2. The first kappa shape index (κ1) is 33.3. The number of benzene rings is 2. The lowest BCUT2D eigenvalue weighted by Gasteiger charge is -2.26. The largest absolute Gasteiger partial charge is 0.444 e. The summed E-state index contributed by atoms with van der Waals surface area (Å²) in [5.74, 6) is 1.46. The van der Waals surface area contributed by atoms with Crippen LogP contribution in [0, 0.1) is 10.8 Å². The molecule has 2 amide bonds. The van der Waals surface area contributed by atoms with Gasteiger partial charge >= 0.3 is 12.2 Å². The Morgan fingerprint density at radius 1 is 0.625 bits per heavy atom. The second kappa shape index (κ2) is 12.1. The van der Waals surface area contributed by atoms with Gasteiger partial charge in [-0.1, -0.05) is 62.4 Å². The van der Waals surface area contributed by atoms with Crippen LogP contribution < -0.4 is 10.6 Å². The summed E-state index contributed by atoms with van der Waals surface area (Å²) >= 11 is 0. The predicted molar refractivity (Wildman–Crippen MR) is 186 cm³/mol. The number of ether oxygens (including phenoxy) is 2. The molecule has 0 unspecified atom stereocenters. The van der Waals surface area contributed by atoms with Crippen LogP contribution in [-0.4, -0.2) is 43.3 Å². The van der Waals surface area contributed by atoms with Crippen LogP contribution >= 0.6 is 0 Å². The number of aromatic nitrogens is 4. The number of nitrogens with one attached hydrogen (secondary N) is 4. The normalized spacial score (nSPS) is 17.6. The number of carbonyl (C=O) groups excluding carboxylic acids is 2. The topological polar surface area (TPSA) is 134 Å². The van der Waals surface area contributed by atoms with Crippen molar-refractivity contribution in [3.63, 3.8) is 0 Å². The minimum Gasteiger partial charge on any atom is -0.444 e. The van der Waals surface area contributed by atoms with Gasteiger partial charge in [0, 0.05) is 0 Å². The number of aromatic amines is 2. The van der Waals surface area contributed by atoms with E-state index in [0.29, 0.717) is 0 Å². The molecular weight excluding hydrogens is 604 g/mol. The zero-order chi connectivity index (χ0) is 34.5. The highest BCUT2D eigenvalue weighted by atomic mass is 16.6. The summed E-state index contributed by atoms with van der Waals surface area (Å²) in [7, 11) is 0. The molecule has 0 spiro atoms. The van der Waals surface area contributed by atoms with E-state index in [1.807, 2.05) is 53.9 Å². The quantitative estimate of drug-likeness (QED) is 0.143. The Kier molecular flexibility index (Phi) is 8.42. The first-order chi connectivity index (χ1) is 22.5. The number of rotatable bonds is 9. The van der Waals surface area contributed by atoms with E-state index < -0.39 is 23.4 Å². The van der Waals surface area contributed by atoms with Crippen molar-refractivity contribution in [1.82, 2.24) is 30.6 Å². The minimum atomic E-state index is -0.571. The molecule has 2 aromatic carbocycles. The summed E-state index contributed by atoms with van der Waals surface area (Å²) < 4.78 is 11.1. The molecule has 2 aliphatic carbocycles. The SMILES string of the molecule is CC(C)(C)OC(=O)N[C@H](c1ncc(-c2ccc(-c3ccc(-c4cnc([C@@H](NC(=O)OC(C)(C)C)C5(C)CC5)[nH]4)cc3)cc2)[nH]1)C1(C)CC1. The number of hydrogen-bond acceptors (Lipinski definition) is 6. The molecule has 0 bridgehead atoms. The maximum Gasteiger partial charge on any atom is 0.408 e. The molecule has 254 valence electrons. The number of hydrogen-bond donors (Lipinski definition) is 4. The summed E-state index contributed by atoms with van der Waals surface area (Å²) in [4.78, 5) is 41.4. The molecule has 2 heterocycles. The highest BCUT2D eigenvalue weighted by molar-refractivity contribution is 5.72. The minimum absolute atomic E-state index is 0.0477. The third-order valence-corrected chi connectivity index (χ3v) is 9.26. The van der Waals surface area contributed by atoms with Gasteiger partial charge in [0.15, 0.2) is 0 Å². The predicted octanol–water partition coefficient (Wildman–Crippen LogP) is 8.87. The molecule has 2 saturated carbocycles. The number of imidazole rings is 2. The monoisotopic (exact) mass is 652 g/mol. The Bertz CT molecular complexity index is 1640. The molecule has 0 radical (unpaired) electrons. The maximum atomic E-state index is 12.6. The van der Waals surface area contributed by atoms with E-state index in [1.165, 1.54) is 0 Å². The Balaban J connectivity index is 1.13. The second-order valence-corrected chi connectivity index (χ2v) is 16.0. The van der Waals surface area contributed by atoms with Crippen molar-refractivity contribution >= 4 is 12.2 Å². The second-order valence-electron chi connectivity index (χ2n) is 16.0. The van der Waals surface area contributed by atoms with Crippen LogP contribution in [0.15, 0.2) is 60.9 Å². The number of alkyl carbamates (subject to hydrolysis) is 2. The van der Waals surface area contributed by atoms with E-state index in [0.717, 1.165) is 71.0 Å². The molecular formula is C38H48N6O4. The molecule has 6 rings (SSSR count). The van der Waals surface area contributed by atoms with Gasteiger partial charge in [-0.25, -0.2) is 19.6 Å². The van der Waals surface area contributed by atoms with E-state index in [4.69, 9.17) is 9.47 Å². The fourth-order valence-corrected chi connectivity index (χ4v) is 5.91. The van der Waals surface area contributed by atoms with Crippen molar-refractivity contribution in [2.24, 2.45) is 10.8 Å². The standard InChI is InChI=1S/C38H48N6O4/c1-35(2,3)47-33(45)43-29(37(7)17-18-37)31-39-21-27(41-31)25-13-9-23(10-14-25)24-11-15-26(16-12-24)28-22-40-32(42-28)30(38(8)19-20-38)44-34(46)48-36(4,5)6/h9-16,21-22,29-30H,17-20H2,1-8H3,(H,39,41)(H,40,42)(H,43,45)(H,44,46)/t29-,30-/m1/s1. The highest BCUT2D eigenvalue weighted by Gasteiger charge is 2.49. The van der Waals surface area contributed by atoms with E-state index in [1.54, 1.807) is 0 Å². The van der Waals surface area contributed by atoms with Crippen molar-refractivity contribution in [1.29, 1.82) is 0 Å². The molecule has 4 aromatic rings. The molecule has 10 nitrogen and oxygen atoms in total. The van der Waals surface area contributed by atoms with Gasteiger partial charge in [-0.3, -0.25) is 0 Å². The molecule has 10 heteroatoms. The fourth-order valence-electron chi connectivity index (χ4n) is 5.91. The molecule has 2 aromatic heterocycles. The Labute approximate surface area is 282 Å². The molecule has 0 saturated heterocycles. The maximum absolute atomic E-state index is 12.6. The summed E-state index contributed by atoms with van der Waals surface area (Å²) in [6.07, 6.45) is 6.85. The van der Waals surface area contributed by atoms with E-state index in [9.17, 15) is 9.59 Å². The Morgan fingerprint density at radius 2 is 0.938 bits per heavy atom. The first-order valence-electron chi connectivity index (χ1n) is 16.8. The van der Waals surface area contributed by atoms with Gasteiger partial charge in [-0.15, -0.1) is 0 Å². The summed E-state index contributed by atoms with van der Waals surface area (Å²) in [5.41, 5.74) is 4.74. The van der Waals surface area contributed by atoms with Crippen LogP contribution in [-0.2, 0) is 9.47 Å². The van der Waals surface area contributed by atoms with E-state index in [-0.39, 0.29) is 22.9 Å². The average molecular weight is 653 g/mol. The van der Waals surface area contributed by atoms with Crippen molar-refractivity contribution in [3.8, 4) is 33.6 Å². The van der Waals surface area contributed by atoms with Crippen LogP contribution in [0.3, 0.4) is 0 Å². The number of carbonyl (C=O) groups is 2. The Morgan fingerprint density at radius 3 is 1.23 bits per heavy atom. The van der Waals surface area contributed by atoms with Crippen LogP contribution in [0.25, 0.3) is 33.6 Å². The number of H-pyrrole nitrogens is 2. The lowest BCUT2D eigenvalue weighted by Crippen LogP contribution is -2.38. The van der Waals surface area contributed by atoms with Crippen LogP contribution in [0.4, 0.5) is 9.59 Å². The van der Waals surface area contributed by atoms with Crippen LogP contribution in [0.1, 0.15) is 105 Å². The van der Waals surface area contributed by atoms with Gasteiger partial charge in [-0.05, 0) is 100 Å². The van der Waals surface area contributed by atoms with Crippen molar-refractivity contribution < 1.29 is 19.1 Å². The third-order valence-electron chi connectivity index (χ3n) is 9.26. The first-order valence-corrected chi connectivity index (χ1v) is 16.8. The van der Waals surface area contributed by atoms with Gasteiger partial charge in [0.2, 0.25) is 0 Å². The number of nitrogens with zero attached hydrogens (tertiary/aromatic N) is 2. The van der Waals surface area contributed by atoms with Gasteiger partial charge in [0.1, 0.15) is 22.9 Å². The van der Waals surface area contributed by atoms with Crippen molar-refractivity contribution in [3.05, 3.63) is 72.6 Å². The van der Waals surface area contributed by atoms with Crippen LogP contribution in [0.2, 0.25) is 0 Å². The summed E-state index contributed by atoms with van der Waals surface area (Å²) in [6.45, 7) is 15.5. The third kappa shape index (κ3) is 7.75. The average Bonchev–Trinajstić information content (AvgIpc) is 3.78. The van der Waals surface area contributed by atoms with Gasteiger partial charge in [-0.2, -0.15) is 0 Å². The molecule has 4 N–H and O–H groups in total. The lowest BCUT2D eigenvalue weighted by molar-refractivity contribution is 0.0467.